The molecule has 120 valence electrons. The Morgan fingerprint density at radius 2 is 1.91 bits per heavy atom. The first-order valence-corrected chi connectivity index (χ1v) is 8.40. The molecule has 0 bridgehead atoms. The summed E-state index contributed by atoms with van der Waals surface area (Å²) in [5.74, 6) is 0.928. The summed E-state index contributed by atoms with van der Waals surface area (Å²) in [5, 5.41) is 0. The first-order valence-electron chi connectivity index (χ1n) is 8.40. The van der Waals surface area contributed by atoms with Crippen molar-refractivity contribution in [2.24, 2.45) is 5.92 Å². The fourth-order valence-electron chi connectivity index (χ4n) is 3.39. The van der Waals surface area contributed by atoms with E-state index in [1.807, 2.05) is 17.0 Å². The lowest BCUT2D eigenvalue weighted by molar-refractivity contribution is 0.0303. The Hall–Kier alpha value is -1.39. The van der Waals surface area contributed by atoms with Gasteiger partial charge in [-0.1, -0.05) is 19.1 Å². The highest BCUT2D eigenvalue weighted by Gasteiger charge is 2.19. The van der Waals surface area contributed by atoms with Gasteiger partial charge in [0.05, 0.1) is 13.2 Å². The molecule has 0 aliphatic carbocycles. The van der Waals surface area contributed by atoms with Gasteiger partial charge < -0.3 is 9.64 Å². The van der Waals surface area contributed by atoms with Crippen LogP contribution in [0.2, 0.25) is 0 Å². The first-order chi connectivity index (χ1) is 10.7. The molecule has 22 heavy (non-hydrogen) atoms. The number of amides is 1. The lowest BCUT2D eigenvalue weighted by atomic mass is 9.99. The van der Waals surface area contributed by atoms with Gasteiger partial charge in [0.25, 0.3) is 5.91 Å². The first kappa shape index (κ1) is 15.5. The highest BCUT2D eigenvalue weighted by molar-refractivity contribution is 5.94. The molecule has 0 radical (unpaired) electrons. The minimum atomic E-state index is 0.126. The Kier molecular flexibility index (Phi) is 5.11. The topological polar surface area (TPSA) is 32.8 Å². The highest BCUT2D eigenvalue weighted by Crippen LogP contribution is 2.18. The Morgan fingerprint density at radius 3 is 2.59 bits per heavy atom. The number of ether oxygens (including phenoxy) is 1. The molecule has 3 rings (SSSR count). The molecule has 2 saturated heterocycles. The maximum atomic E-state index is 12.4. The summed E-state index contributed by atoms with van der Waals surface area (Å²) in [4.78, 5) is 16.8. The number of rotatable bonds is 3. The van der Waals surface area contributed by atoms with Crippen LogP contribution in [0.15, 0.2) is 24.3 Å². The number of hydrogen-bond donors (Lipinski definition) is 0. The summed E-state index contributed by atoms with van der Waals surface area (Å²) < 4.78 is 5.30. The third-order valence-corrected chi connectivity index (χ3v) is 4.65. The van der Waals surface area contributed by atoms with Crippen LogP contribution in [0, 0.1) is 5.92 Å². The normalized spacial score (nSPS) is 23.5. The summed E-state index contributed by atoms with van der Waals surface area (Å²) in [6.07, 6.45) is 2.65. The van der Waals surface area contributed by atoms with Crippen molar-refractivity contribution in [2.75, 3.05) is 39.4 Å². The van der Waals surface area contributed by atoms with Crippen molar-refractivity contribution in [3.8, 4) is 0 Å². The third kappa shape index (κ3) is 3.87. The van der Waals surface area contributed by atoms with E-state index < -0.39 is 0 Å². The third-order valence-electron chi connectivity index (χ3n) is 4.65. The lowest BCUT2D eigenvalue weighted by Crippen LogP contribution is -2.40. The molecule has 2 aliphatic heterocycles. The van der Waals surface area contributed by atoms with Crippen molar-refractivity contribution >= 4 is 5.91 Å². The van der Waals surface area contributed by atoms with Gasteiger partial charge in [0.1, 0.15) is 0 Å². The average Bonchev–Trinajstić information content (AvgIpc) is 2.56. The Balaban J connectivity index is 1.58. The van der Waals surface area contributed by atoms with Crippen LogP contribution in [-0.4, -0.2) is 55.1 Å². The number of likely N-dealkylation sites (tertiary alicyclic amines) is 1. The molecular formula is C18H26N2O2. The Morgan fingerprint density at radius 1 is 1.18 bits per heavy atom. The number of hydrogen-bond acceptors (Lipinski definition) is 3. The number of carbonyl (C=O) groups is 1. The molecule has 2 heterocycles. The van der Waals surface area contributed by atoms with Gasteiger partial charge >= 0.3 is 0 Å². The quantitative estimate of drug-likeness (QED) is 0.859. The zero-order valence-corrected chi connectivity index (χ0v) is 13.5. The SMILES string of the molecule is CC1CCCN(Cc2ccc(C(=O)N3CCOCC3)cc2)C1. The van der Waals surface area contributed by atoms with Crippen LogP contribution in [0.25, 0.3) is 0 Å². The van der Waals surface area contributed by atoms with Gasteiger partial charge in [-0.3, -0.25) is 9.69 Å². The number of carbonyl (C=O) groups excluding carboxylic acids is 1. The van der Waals surface area contributed by atoms with E-state index in [9.17, 15) is 4.79 Å². The Labute approximate surface area is 133 Å². The van der Waals surface area contributed by atoms with Crippen LogP contribution in [0.3, 0.4) is 0 Å². The van der Waals surface area contributed by atoms with Crippen LogP contribution in [-0.2, 0) is 11.3 Å². The molecule has 2 aliphatic rings. The average molecular weight is 302 g/mol. The molecule has 1 aromatic rings. The summed E-state index contributed by atoms with van der Waals surface area (Å²) in [6, 6.07) is 8.15. The van der Waals surface area contributed by atoms with Gasteiger partial charge in [-0.05, 0) is 43.0 Å². The molecule has 1 atom stereocenters. The second kappa shape index (κ2) is 7.25. The molecule has 1 amide bonds. The molecule has 0 spiro atoms. The molecule has 4 nitrogen and oxygen atoms in total. The molecule has 0 aromatic heterocycles. The molecular weight excluding hydrogens is 276 g/mol. The maximum Gasteiger partial charge on any atom is 0.254 e. The van der Waals surface area contributed by atoms with Crippen LogP contribution < -0.4 is 0 Å². The van der Waals surface area contributed by atoms with Crippen molar-refractivity contribution in [3.05, 3.63) is 35.4 Å². The molecule has 0 N–H and O–H groups in total. The van der Waals surface area contributed by atoms with Crippen LogP contribution in [0.4, 0.5) is 0 Å². The number of benzene rings is 1. The van der Waals surface area contributed by atoms with E-state index in [1.165, 1.54) is 31.5 Å². The van der Waals surface area contributed by atoms with Gasteiger partial charge in [-0.25, -0.2) is 0 Å². The summed E-state index contributed by atoms with van der Waals surface area (Å²) in [7, 11) is 0. The molecule has 1 aromatic carbocycles. The van der Waals surface area contributed by atoms with Crippen molar-refractivity contribution in [3.63, 3.8) is 0 Å². The zero-order chi connectivity index (χ0) is 15.4. The van der Waals surface area contributed by atoms with Gasteiger partial charge in [0.2, 0.25) is 0 Å². The summed E-state index contributed by atoms with van der Waals surface area (Å²) in [6.45, 7) is 8.41. The van der Waals surface area contributed by atoms with E-state index in [2.05, 4.69) is 24.0 Å². The monoisotopic (exact) mass is 302 g/mol. The predicted molar refractivity (Wildman–Crippen MR) is 86.8 cm³/mol. The molecule has 1 unspecified atom stereocenters. The minimum absolute atomic E-state index is 0.126. The van der Waals surface area contributed by atoms with E-state index >= 15 is 0 Å². The van der Waals surface area contributed by atoms with Gasteiger partial charge in [-0.2, -0.15) is 0 Å². The highest BCUT2D eigenvalue weighted by atomic mass is 16.5. The predicted octanol–water partition coefficient (Wildman–Crippen LogP) is 2.39. The maximum absolute atomic E-state index is 12.4. The summed E-state index contributed by atoms with van der Waals surface area (Å²) in [5.41, 5.74) is 2.09. The van der Waals surface area contributed by atoms with E-state index in [1.54, 1.807) is 0 Å². The number of piperidine rings is 1. The fraction of sp³-hybridized carbons (Fsp3) is 0.611. The fourth-order valence-corrected chi connectivity index (χ4v) is 3.39. The van der Waals surface area contributed by atoms with E-state index in [0.29, 0.717) is 26.3 Å². The second-order valence-corrected chi connectivity index (χ2v) is 6.58. The molecule has 4 heteroatoms. The van der Waals surface area contributed by atoms with E-state index in [-0.39, 0.29) is 5.91 Å². The van der Waals surface area contributed by atoms with Crippen molar-refractivity contribution < 1.29 is 9.53 Å². The van der Waals surface area contributed by atoms with Crippen LogP contribution >= 0.6 is 0 Å². The van der Waals surface area contributed by atoms with Gasteiger partial charge in [0.15, 0.2) is 0 Å². The van der Waals surface area contributed by atoms with Crippen LogP contribution in [0.1, 0.15) is 35.7 Å². The second-order valence-electron chi connectivity index (χ2n) is 6.58. The van der Waals surface area contributed by atoms with E-state index in [0.717, 1.165) is 18.0 Å². The smallest absolute Gasteiger partial charge is 0.254 e. The zero-order valence-electron chi connectivity index (χ0n) is 13.5. The van der Waals surface area contributed by atoms with E-state index in [4.69, 9.17) is 4.74 Å². The number of morpholine rings is 1. The lowest BCUT2D eigenvalue weighted by Gasteiger charge is -2.31. The van der Waals surface area contributed by atoms with Crippen molar-refractivity contribution in [2.45, 2.75) is 26.3 Å². The van der Waals surface area contributed by atoms with Gasteiger partial charge in [-0.15, -0.1) is 0 Å². The van der Waals surface area contributed by atoms with Gasteiger partial charge in [0, 0.05) is 31.7 Å². The number of nitrogens with zero attached hydrogens (tertiary/aromatic N) is 2. The largest absolute Gasteiger partial charge is 0.378 e. The van der Waals surface area contributed by atoms with Crippen molar-refractivity contribution in [1.82, 2.24) is 9.80 Å². The standard InChI is InChI=1S/C18H26N2O2/c1-15-3-2-8-19(13-15)14-16-4-6-17(7-5-16)18(21)20-9-11-22-12-10-20/h4-7,15H,2-3,8-14H2,1H3. The Bertz CT molecular complexity index is 494. The van der Waals surface area contributed by atoms with Crippen molar-refractivity contribution in [1.29, 1.82) is 0 Å². The molecule has 2 fully saturated rings. The minimum Gasteiger partial charge on any atom is -0.378 e. The molecule has 0 saturated carbocycles. The summed E-state index contributed by atoms with van der Waals surface area (Å²) >= 11 is 0. The van der Waals surface area contributed by atoms with Crippen LogP contribution in [0.5, 0.6) is 0 Å².